The number of rotatable bonds is 0. The van der Waals surface area contributed by atoms with E-state index in [1.54, 1.807) is 13.0 Å². The normalized spacial score (nSPS) is 24.1. The first kappa shape index (κ1) is 19.3. The van der Waals surface area contributed by atoms with Gasteiger partial charge in [0.1, 0.15) is 23.2 Å². The van der Waals surface area contributed by atoms with Crippen LogP contribution >= 0.6 is 11.6 Å². The van der Waals surface area contributed by atoms with Gasteiger partial charge in [0, 0.05) is 24.5 Å². The Labute approximate surface area is 151 Å². The molecule has 1 aliphatic rings. The smallest absolute Gasteiger partial charge is 0.342 e. The standard InChI is InChI=1S/C18H21ClO6/c1-10-7-11(2)25-18(23)16-13(17(19)15(22)9-14(16)21)8-12(20)5-3-4-6-24-10/h3,5,9-11,21-22H,4,6-8H2,1-2H3/b5-3+/t10?,11-/m1/s1. The number of fused-ring (bicyclic) bond motifs is 1. The maximum Gasteiger partial charge on any atom is 0.342 e. The fraction of sp³-hybridized carbons (Fsp3) is 0.444. The average Bonchev–Trinajstić information content (AvgIpc) is 2.50. The minimum absolute atomic E-state index is 0.0485. The van der Waals surface area contributed by atoms with Crippen molar-refractivity contribution in [3.63, 3.8) is 0 Å². The van der Waals surface area contributed by atoms with E-state index in [2.05, 4.69) is 0 Å². The highest BCUT2D eigenvalue weighted by molar-refractivity contribution is 6.33. The fourth-order valence-corrected chi connectivity index (χ4v) is 2.90. The molecule has 0 radical (unpaired) electrons. The average molecular weight is 369 g/mol. The lowest BCUT2D eigenvalue weighted by Crippen LogP contribution is -2.23. The molecule has 1 aromatic rings. The van der Waals surface area contributed by atoms with Gasteiger partial charge < -0.3 is 19.7 Å². The van der Waals surface area contributed by atoms with Crippen LogP contribution in [0.1, 0.15) is 42.6 Å². The number of carbonyl (C=O) groups excluding carboxylic acids is 2. The number of hydrogen-bond acceptors (Lipinski definition) is 6. The van der Waals surface area contributed by atoms with Crippen LogP contribution in [0.25, 0.3) is 0 Å². The summed E-state index contributed by atoms with van der Waals surface area (Å²) in [4.78, 5) is 24.6. The second kappa shape index (κ2) is 8.36. The number of ether oxygens (including phenoxy) is 2. The van der Waals surface area contributed by atoms with Gasteiger partial charge in [-0.15, -0.1) is 0 Å². The molecule has 1 unspecified atom stereocenters. The number of esters is 1. The van der Waals surface area contributed by atoms with Gasteiger partial charge in [-0.2, -0.15) is 0 Å². The number of allylic oxidation sites excluding steroid dienone is 1. The van der Waals surface area contributed by atoms with Crippen molar-refractivity contribution in [2.45, 2.75) is 45.3 Å². The molecular formula is C18H21ClO6. The monoisotopic (exact) mass is 368 g/mol. The lowest BCUT2D eigenvalue weighted by atomic mass is 10.00. The Bertz CT molecular complexity index is 697. The van der Waals surface area contributed by atoms with E-state index in [-0.39, 0.29) is 34.5 Å². The number of hydrogen-bond donors (Lipinski definition) is 2. The van der Waals surface area contributed by atoms with Crippen LogP contribution in [0.15, 0.2) is 18.2 Å². The van der Waals surface area contributed by atoms with Crippen molar-refractivity contribution in [1.82, 2.24) is 0 Å². The molecule has 0 spiro atoms. The molecule has 136 valence electrons. The first-order chi connectivity index (χ1) is 11.8. The summed E-state index contributed by atoms with van der Waals surface area (Å²) in [6, 6.07) is 0.961. The Hall–Kier alpha value is -2.05. The molecule has 2 atom stereocenters. The minimum Gasteiger partial charge on any atom is -0.507 e. The number of phenols is 2. The summed E-state index contributed by atoms with van der Waals surface area (Å²) in [6.45, 7) is 4.03. The van der Waals surface area contributed by atoms with Crippen LogP contribution in [0, 0.1) is 0 Å². The zero-order valence-corrected chi connectivity index (χ0v) is 14.9. The highest BCUT2D eigenvalue weighted by Crippen LogP contribution is 2.37. The van der Waals surface area contributed by atoms with E-state index in [0.717, 1.165) is 6.07 Å². The quantitative estimate of drug-likeness (QED) is 0.683. The van der Waals surface area contributed by atoms with Crippen molar-refractivity contribution in [2.24, 2.45) is 0 Å². The summed E-state index contributed by atoms with van der Waals surface area (Å²) in [5, 5.41) is 19.7. The SMILES string of the molecule is CC1C[C@@H](C)OC(=O)c2c(O)cc(O)c(Cl)c2CC(=O)/C=C/CCO1. The molecule has 0 fully saturated rings. The van der Waals surface area contributed by atoms with Crippen molar-refractivity contribution in [1.29, 1.82) is 0 Å². The maximum atomic E-state index is 12.5. The minimum atomic E-state index is -0.803. The molecular weight excluding hydrogens is 348 g/mol. The van der Waals surface area contributed by atoms with Crippen LogP contribution in [0.4, 0.5) is 0 Å². The Morgan fingerprint density at radius 3 is 2.60 bits per heavy atom. The zero-order valence-electron chi connectivity index (χ0n) is 14.1. The lowest BCUT2D eigenvalue weighted by molar-refractivity contribution is -0.114. The van der Waals surface area contributed by atoms with E-state index in [1.165, 1.54) is 6.08 Å². The Kier molecular flexibility index (Phi) is 6.45. The third kappa shape index (κ3) is 4.96. The molecule has 1 aliphatic heterocycles. The largest absolute Gasteiger partial charge is 0.507 e. The van der Waals surface area contributed by atoms with Crippen molar-refractivity contribution < 1.29 is 29.3 Å². The molecule has 0 amide bonds. The van der Waals surface area contributed by atoms with Gasteiger partial charge in [-0.1, -0.05) is 17.7 Å². The summed E-state index contributed by atoms with van der Waals surface area (Å²) in [6.07, 6.45) is 3.26. The number of carbonyl (C=O) groups is 2. The predicted octanol–water partition coefficient (Wildman–Crippen LogP) is 3.16. The summed E-state index contributed by atoms with van der Waals surface area (Å²) in [5.41, 5.74) is -0.158. The number of cyclic esters (lactones) is 1. The van der Waals surface area contributed by atoms with Crippen LogP contribution in [-0.4, -0.2) is 40.8 Å². The molecule has 0 saturated heterocycles. The molecule has 0 aliphatic carbocycles. The molecule has 0 aromatic heterocycles. The van der Waals surface area contributed by atoms with E-state index in [0.29, 0.717) is 19.4 Å². The van der Waals surface area contributed by atoms with Crippen LogP contribution in [0.5, 0.6) is 11.5 Å². The van der Waals surface area contributed by atoms with Gasteiger partial charge in [-0.3, -0.25) is 4.79 Å². The van der Waals surface area contributed by atoms with Crippen LogP contribution in [0.3, 0.4) is 0 Å². The number of phenolic OH excluding ortho intramolecular Hbond substituents is 2. The van der Waals surface area contributed by atoms with Gasteiger partial charge in [-0.25, -0.2) is 4.79 Å². The topological polar surface area (TPSA) is 93.1 Å². The lowest BCUT2D eigenvalue weighted by Gasteiger charge is -2.20. The summed E-state index contributed by atoms with van der Waals surface area (Å²) >= 11 is 6.06. The van der Waals surface area contributed by atoms with E-state index >= 15 is 0 Å². The summed E-state index contributed by atoms with van der Waals surface area (Å²) in [7, 11) is 0. The van der Waals surface area contributed by atoms with Crippen LogP contribution in [0.2, 0.25) is 5.02 Å². The van der Waals surface area contributed by atoms with Crippen molar-refractivity contribution in [3.8, 4) is 11.5 Å². The summed E-state index contributed by atoms with van der Waals surface area (Å²) in [5.74, 6) is -2.01. The van der Waals surface area contributed by atoms with Gasteiger partial charge in [0.15, 0.2) is 5.78 Å². The molecule has 25 heavy (non-hydrogen) atoms. The first-order valence-corrected chi connectivity index (χ1v) is 8.42. The van der Waals surface area contributed by atoms with E-state index < -0.39 is 23.6 Å². The van der Waals surface area contributed by atoms with Crippen LogP contribution in [-0.2, 0) is 20.7 Å². The Morgan fingerprint density at radius 2 is 1.88 bits per heavy atom. The van der Waals surface area contributed by atoms with E-state index in [9.17, 15) is 19.8 Å². The first-order valence-electron chi connectivity index (χ1n) is 8.04. The third-order valence-corrected chi connectivity index (χ3v) is 4.26. The van der Waals surface area contributed by atoms with Crippen molar-refractivity contribution >= 4 is 23.4 Å². The van der Waals surface area contributed by atoms with Crippen molar-refractivity contribution in [3.05, 3.63) is 34.4 Å². The van der Waals surface area contributed by atoms with Gasteiger partial charge in [-0.05, 0) is 26.3 Å². The predicted molar refractivity (Wildman–Crippen MR) is 92.2 cm³/mol. The van der Waals surface area contributed by atoms with E-state index in [1.807, 2.05) is 6.92 Å². The molecule has 1 aromatic carbocycles. The van der Waals surface area contributed by atoms with Gasteiger partial charge >= 0.3 is 5.97 Å². The van der Waals surface area contributed by atoms with Gasteiger partial charge in [0.05, 0.1) is 17.7 Å². The summed E-state index contributed by atoms with van der Waals surface area (Å²) < 4.78 is 11.0. The maximum absolute atomic E-state index is 12.5. The van der Waals surface area contributed by atoms with Crippen LogP contribution < -0.4 is 0 Å². The number of benzene rings is 1. The molecule has 1 heterocycles. The molecule has 6 nitrogen and oxygen atoms in total. The Morgan fingerprint density at radius 1 is 1.16 bits per heavy atom. The highest BCUT2D eigenvalue weighted by atomic mass is 35.5. The zero-order chi connectivity index (χ0) is 18.6. The van der Waals surface area contributed by atoms with E-state index in [4.69, 9.17) is 21.1 Å². The molecule has 0 bridgehead atoms. The highest BCUT2D eigenvalue weighted by Gasteiger charge is 2.26. The Balaban J connectivity index is 2.46. The molecule has 2 rings (SSSR count). The van der Waals surface area contributed by atoms with Crippen molar-refractivity contribution in [2.75, 3.05) is 6.61 Å². The second-order valence-electron chi connectivity index (χ2n) is 6.05. The number of halogens is 1. The molecule has 7 heteroatoms. The number of ketones is 1. The number of aromatic hydroxyl groups is 2. The molecule has 0 saturated carbocycles. The fourth-order valence-electron chi connectivity index (χ4n) is 2.69. The third-order valence-electron chi connectivity index (χ3n) is 3.84. The van der Waals surface area contributed by atoms with Gasteiger partial charge in [0.2, 0.25) is 0 Å². The second-order valence-corrected chi connectivity index (χ2v) is 6.43. The van der Waals surface area contributed by atoms with Gasteiger partial charge in [0.25, 0.3) is 0 Å². The molecule has 2 N–H and O–H groups in total.